The molecule has 0 spiro atoms. The fraction of sp³-hybridized carbons (Fsp3) is 0.0500. The number of hydrogen-bond acceptors (Lipinski definition) is 2. The summed E-state index contributed by atoms with van der Waals surface area (Å²) in [6.07, 6.45) is 0. The third kappa shape index (κ3) is 3.97. The van der Waals surface area contributed by atoms with Gasteiger partial charge in [0.25, 0.3) is 0 Å². The number of anilines is 1. The molecule has 0 aliphatic carbocycles. The fourth-order valence-corrected chi connectivity index (χ4v) is 2.69. The molecule has 2 nitrogen and oxygen atoms in total. The fourth-order valence-electron chi connectivity index (χ4n) is 2.44. The van der Waals surface area contributed by atoms with Gasteiger partial charge in [0.15, 0.2) is 5.78 Å². The van der Waals surface area contributed by atoms with Crippen molar-refractivity contribution in [2.75, 3.05) is 5.32 Å². The first-order valence-corrected chi connectivity index (χ1v) is 8.26. The van der Waals surface area contributed by atoms with Crippen LogP contribution in [-0.2, 0) is 0 Å². The first-order chi connectivity index (χ1) is 11.6. The second kappa shape index (κ2) is 7.52. The van der Waals surface area contributed by atoms with Crippen LogP contribution in [0.5, 0.6) is 0 Å². The van der Waals surface area contributed by atoms with Crippen molar-refractivity contribution in [1.29, 1.82) is 0 Å². The van der Waals surface area contributed by atoms with Crippen LogP contribution in [-0.4, -0.2) is 5.78 Å². The predicted molar refractivity (Wildman–Crippen MR) is 100 cm³/mol. The second-order valence-electron chi connectivity index (χ2n) is 5.37. The summed E-state index contributed by atoms with van der Waals surface area (Å²) in [5.74, 6) is -0.0298. The van der Waals surface area contributed by atoms with Gasteiger partial charge in [-0.25, -0.2) is 0 Å². The number of para-hydroxylation sites is 1. The molecule has 4 heteroatoms. The zero-order valence-electron chi connectivity index (χ0n) is 12.7. The van der Waals surface area contributed by atoms with Gasteiger partial charge in [-0.3, -0.25) is 4.79 Å². The van der Waals surface area contributed by atoms with E-state index in [0.717, 1.165) is 11.3 Å². The molecule has 3 rings (SSSR count). The lowest BCUT2D eigenvalue weighted by Crippen LogP contribution is -2.21. The Balaban J connectivity index is 1.96. The van der Waals surface area contributed by atoms with E-state index >= 15 is 0 Å². The molecule has 0 saturated heterocycles. The standard InChI is InChI=1S/C20H15Cl2NO/c21-16-10-6-14(7-11-16)19(23-18-4-2-1-3-5-18)20(24)15-8-12-17(22)13-9-15/h1-13,19,23H/t19-/m1/s1. The van der Waals surface area contributed by atoms with Crippen LogP contribution in [0.1, 0.15) is 22.0 Å². The number of rotatable bonds is 5. The molecule has 1 atom stereocenters. The maximum absolute atomic E-state index is 13.0. The molecule has 0 heterocycles. The number of ketones is 1. The van der Waals surface area contributed by atoms with Crippen molar-refractivity contribution in [3.63, 3.8) is 0 Å². The van der Waals surface area contributed by atoms with E-state index in [1.807, 2.05) is 42.5 Å². The lowest BCUT2D eigenvalue weighted by Gasteiger charge is -2.19. The minimum atomic E-state index is -0.508. The van der Waals surface area contributed by atoms with Gasteiger partial charge in [0, 0.05) is 21.3 Å². The largest absolute Gasteiger partial charge is 0.371 e. The number of halogens is 2. The Bertz CT molecular complexity index is 815. The molecule has 0 aliphatic rings. The van der Waals surface area contributed by atoms with Gasteiger partial charge in [-0.1, -0.05) is 53.5 Å². The summed E-state index contributed by atoms with van der Waals surface area (Å²) >= 11 is 11.9. The van der Waals surface area contributed by atoms with E-state index in [2.05, 4.69) is 5.32 Å². The van der Waals surface area contributed by atoms with Crippen LogP contribution in [0.2, 0.25) is 10.0 Å². The molecule has 0 saturated carbocycles. The molecule has 0 amide bonds. The molecule has 3 aromatic carbocycles. The zero-order valence-corrected chi connectivity index (χ0v) is 14.3. The average Bonchev–Trinajstić information content (AvgIpc) is 2.62. The van der Waals surface area contributed by atoms with E-state index < -0.39 is 6.04 Å². The first-order valence-electron chi connectivity index (χ1n) is 7.50. The highest BCUT2D eigenvalue weighted by molar-refractivity contribution is 6.31. The van der Waals surface area contributed by atoms with Crippen LogP contribution in [0, 0.1) is 0 Å². The van der Waals surface area contributed by atoms with E-state index in [0.29, 0.717) is 15.6 Å². The second-order valence-corrected chi connectivity index (χ2v) is 6.24. The van der Waals surface area contributed by atoms with E-state index in [-0.39, 0.29) is 5.78 Å². The third-order valence-corrected chi connectivity index (χ3v) is 4.18. The molecule has 0 fully saturated rings. The molecule has 0 bridgehead atoms. The molecular weight excluding hydrogens is 341 g/mol. The quantitative estimate of drug-likeness (QED) is 0.566. The van der Waals surface area contributed by atoms with Crippen LogP contribution in [0.25, 0.3) is 0 Å². The molecule has 24 heavy (non-hydrogen) atoms. The van der Waals surface area contributed by atoms with Gasteiger partial charge in [-0.05, 0) is 54.1 Å². The number of Topliss-reactive ketones (excluding diaryl/α,β-unsaturated/α-hetero) is 1. The summed E-state index contributed by atoms with van der Waals surface area (Å²) in [5, 5.41) is 4.54. The molecule has 3 aromatic rings. The minimum Gasteiger partial charge on any atom is -0.371 e. The lowest BCUT2D eigenvalue weighted by atomic mass is 9.97. The van der Waals surface area contributed by atoms with E-state index in [4.69, 9.17) is 23.2 Å². The van der Waals surface area contributed by atoms with Crippen LogP contribution in [0.3, 0.4) is 0 Å². The summed E-state index contributed by atoms with van der Waals surface area (Å²) in [6, 6.07) is 23.3. The maximum atomic E-state index is 13.0. The molecule has 120 valence electrons. The minimum absolute atomic E-state index is 0.0298. The van der Waals surface area contributed by atoms with Crippen LogP contribution in [0.15, 0.2) is 78.9 Å². The number of hydrogen-bond donors (Lipinski definition) is 1. The van der Waals surface area contributed by atoms with E-state index in [1.165, 1.54) is 0 Å². The van der Waals surface area contributed by atoms with Crippen molar-refractivity contribution in [2.24, 2.45) is 0 Å². The van der Waals surface area contributed by atoms with Gasteiger partial charge in [0.2, 0.25) is 0 Å². The van der Waals surface area contributed by atoms with Gasteiger partial charge in [0.1, 0.15) is 6.04 Å². The van der Waals surface area contributed by atoms with Gasteiger partial charge in [0.05, 0.1) is 0 Å². The topological polar surface area (TPSA) is 29.1 Å². The smallest absolute Gasteiger partial charge is 0.189 e. The Hall–Kier alpha value is -2.29. The molecular formula is C20H15Cl2NO. The molecule has 0 radical (unpaired) electrons. The van der Waals surface area contributed by atoms with Crippen LogP contribution < -0.4 is 5.32 Å². The predicted octanol–water partition coefficient (Wildman–Crippen LogP) is 6.03. The average molecular weight is 356 g/mol. The summed E-state index contributed by atoms with van der Waals surface area (Å²) in [5.41, 5.74) is 2.32. The van der Waals surface area contributed by atoms with Crippen LogP contribution >= 0.6 is 23.2 Å². The van der Waals surface area contributed by atoms with Crippen molar-refractivity contribution in [3.8, 4) is 0 Å². The van der Waals surface area contributed by atoms with Crippen molar-refractivity contribution in [1.82, 2.24) is 0 Å². The van der Waals surface area contributed by atoms with Gasteiger partial charge >= 0.3 is 0 Å². The first kappa shape index (κ1) is 16.6. The third-order valence-electron chi connectivity index (χ3n) is 3.68. The highest BCUT2D eigenvalue weighted by Crippen LogP contribution is 2.25. The Morgan fingerprint density at radius 3 is 1.88 bits per heavy atom. The summed E-state index contributed by atoms with van der Waals surface area (Å²) in [4.78, 5) is 13.0. The number of carbonyl (C=O) groups is 1. The summed E-state index contributed by atoms with van der Waals surface area (Å²) < 4.78 is 0. The molecule has 0 aromatic heterocycles. The molecule has 0 unspecified atom stereocenters. The van der Waals surface area contributed by atoms with Gasteiger partial charge < -0.3 is 5.32 Å². The van der Waals surface area contributed by atoms with Crippen molar-refractivity contribution in [3.05, 3.63) is 100 Å². The lowest BCUT2D eigenvalue weighted by molar-refractivity contribution is 0.0969. The normalized spacial score (nSPS) is 11.8. The number of carbonyl (C=O) groups excluding carboxylic acids is 1. The molecule has 0 aliphatic heterocycles. The number of benzene rings is 3. The van der Waals surface area contributed by atoms with Crippen LogP contribution in [0.4, 0.5) is 5.69 Å². The summed E-state index contributed by atoms with van der Waals surface area (Å²) in [6.45, 7) is 0. The van der Waals surface area contributed by atoms with Gasteiger partial charge in [-0.15, -0.1) is 0 Å². The monoisotopic (exact) mass is 355 g/mol. The highest BCUT2D eigenvalue weighted by atomic mass is 35.5. The SMILES string of the molecule is O=C(c1ccc(Cl)cc1)[C@H](Nc1ccccc1)c1ccc(Cl)cc1. The van der Waals surface area contributed by atoms with Crippen molar-refractivity contribution >= 4 is 34.7 Å². The highest BCUT2D eigenvalue weighted by Gasteiger charge is 2.22. The Morgan fingerprint density at radius 1 is 0.750 bits per heavy atom. The Morgan fingerprint density at radius 2 is 1.29 bits per heavy atom. The Labute approximate surface area is 151 Å². The number of nitrogens with one attached hydrogen (secondary N) is 1. The van der Waals surface area contributed by atoms with Crippen molar-refractivity contribution < 1.29 is 4.79 Å². The summed E-state index contributed by atoms with van der Waals surface area (Å²) in [7, 11) is 0. The molecule has 1 N–H and O–H groups in total. The zero-order chi connectivity index (χ0) is 16.9. The maximum Gasteiger partial charge on any atom is 0.189 e. The van der Waals surface area contributed by atoms with Gasteiger partial charge in [-0.2, -0.15) is 0 Å². The van der Waals surface area contributed by atoms with E-state index in [1.54, 1.807) is 36.4 Å². The van der Waals surface area contributed by atoms with E-state index in [9.17, 15) is 4.79 Å². The van der Waals surface area contributed by atoms with Crippen molar-refractivity contribution in [2.45, 2.75) is 6.04 Å². The Kier molecular flexibility index (Phi) is 5.19.